The fourth-order valence-electron chi connectivity index (χ4n) is 3.75. The fraction of sp³-hybridized carbons (Fsp3) is 0.462. The summed E-state index contributed by atoms with van der Waals surface area (Å²) in [7, 11) is 0. The average Bonchev–Trinajstić information content (AvgIpc) is 2.77. The van der Waals surface area contributed by atoms with Crippen LogP contribution in [0.1, 0.15) is 61.6 Å². The first kappa shape index (κ1) is 25.9. The largest absolute Gasteiger partial charge is 0.481 e. The molecule has 2 rings (SSSR count). The van der Waals surface area contributed by atoms with Crippen molar-refractivity contribution in [1.82, 2.24) is 0 Å². The molecule has 2 aromatic rings. The van der Waals surface area contributed by atoms with Crippen LogP contribution >= 0.6 is 11.8 Å². The number of carboxylic acids is 2. The number of carboxylic acid groups (broad SMARTS) is 2. The van der Waals surface area contributed by atoms with Crippen LogP contribution in [-0.4, -0.2) is 39.1 Å². The van der Waals surface area contributed by atoms with E-state index in [0.717, 1.165) is 48.1 Å². The number of benzene rings is 2. The number of hydrogen-bond donors (Lipinski definition) is 3. The van der Waals surface area contributed by atoms with Crippen LogP contribution in [0, 0.1) is 0 Å². The Morgan fingerprint density at radius 2 is 1.47 bits per heavy atom. The van der Waals surface area contributed by atoms with Gasteiger partial charge in [-0.1, -0.05) is 68.1 Å². The van der Waals surface area contributed by atoms with E-state index in [0.29, 0.717) is 5.75 Å². The lowest BCUT2D eigenvalue weighted by atomic mass is 9.96. The van der Waals surface area contributed by atoms with E-state index in [4.69, 9.17) is 10.2 Å². The van der Waals surface area contributed by atoms with E-state index >= 15 is 0 Å². The Hall–Kier alpha value is -2.31. The van der Waals surface area contributed by atoms with Crippen molar-refractivity contribution in [1.29, 1.82) is 0 Å². The Labute approximate surface area is 194 Å². The van der Waals surface area contributed by atoms with Crippen molar-refractivity contribution < 1.29 is 24.9 Å². The molecule has 0 aliphatic heterocycles. The second-order valence-corrected chi connectivity index (χ2v) is 9.19. The third-order valence-corrected chi connectivity index (χ3v) is 6.59. The van der Waals surface area contributed by atoms with E-state index in [-0.39, 0.29) is 12.8 Å². The van der Waals surface area contributed by atoms with E-state index in [1.54, 1.807) is 0 Å². The van der Waals surface area contributed by atoms with Gasteiger partial charge >= 0.3 is 11.9 Å². The predicted molar refractivity (Wildman–Crippen MR) is 128 cm³/mol. The molecule has 3 N–H and O–H groups in total. The molecule has 6 heteroatoms. The van der Waals surface area contributed by atoms with Crippen molar-refractivity contribution in [2.45, 2.75) is 75.2 Å². The molecule has 0 radical (unpaired) electrons. The van der Waals surface area contributed by atoms with Crippen molar-refractivity contribution in [3.8, 4) is 0 Å². The highest BCUT2D eigenvalue weighted by Gasteiger charge is 2.17. The maximum absolute atomic E-state index is 11.1. The Kier molecular flexibility index (Phi) is 11.9. The zero-order valence-electron chi connectivity index (χ0n) is 18.5. The number of unbranched alkanes of at least 4 members (excludes halogenated alkanes) is 5. The highest BCUT2D eigenvalue weighted by Crippen LogP contribution is 2.29. The zero-order valence-corrected chi connectivity index (χ0v) is 19.4. The van der Waals surface area contributed by atoms with E-state index < -0.39 is 18.0 Å². The molecule has 0 bridgehead atoms. The summed E-state index contributed by atoms with van der Waals surface area (Å²) < 4.78 is 0. The van der Waals surface area contributed by atoms with Crippen LogP contribution in [0.3, 0.4) is 0 Å². The summed E-state index contributed by atoms with van der Waals surface area (Å²) >= 11 is 1.49. The van der Waals surface area contributed by atoms with Crippen LogP contribution in [0.5, 0.6) is 0 Å². The SMILES string of the molecule is O=C(O)CCSc1cccc(C[C@H](O)C(=O)O)c1CCCCCCCCc1ccccc1. The molecule has 1 atom stereocenters. The second-order valence-electron chi connectivity index (χ2n) is 8.05. The van der Waals surface area contributed by atoms with Crippen molar-refractivity contribution in [3.05, 3.63) is 65.2 Å². The minimum atomic E-state index is -1.43. The topological polar surface area (TPSA) is 94.8 Å². The average molecular weight is 459 g/mol. The molecular weight excluding hydrogens is 424 g/mol. The standard InChI is InChI=1S/C26H34O5S/c27-23(26(30)31)19-21-14-10-16-24(32-18-17-25(28)29)22(21)15-9-4-2-1-3-6-11-20-12-7-5-8-13-20/h5,7-8,10,12-14,16,23,27H,1-4,6,9,11,15,17-19H2,(H,28,29)(H,30,31)/t23-/m0/s1. The van der Waals surface area contributed by atoms with Gasteiger partial charge in [0.1, 0.15) is 0 Å². The van der Waals surface area contributed by atoms with E-state index in [9.17, 15) is 14.7 Å². The monoisotopic (exact) mass is 458 g/mol. The predicted octanol–water partition coefficient (Wildman–Crippen LogP) is 5.37. The number of carbonyl (C=O) groups is 2. The van der Waals surface area contributed by atoms with Gasteiger partial charge in [0.05, 0.1) is 6.42 Å². The number of aliphatic carboxylic acids is 2. The summed E-state index contributed by atoms with van der Waals surface area (Å²) in [6.45, 7) is 0. The summed E-state index contributed by atoms with van der Waals surface area (Å²) in [5.74, 6) is -1.59. The van der Waals surface area contributed by atoms with Gasteiger partial charge in [0.15, 0.2) is 6.10 Å². The van der Waals surface area contributed by atoms with E-state index in [1.165, 1.54) is 36.6 Å². The van der Waals surface area contributed by atoms with Crippen LogP contribution in [0.2, 0.25) is 0 Å². The maximum atomic E-state index is 11.1. The number of aliphatic hydroxyl groups is 1. The van der Waals surface area contributed by atoms with Crippen molar-refractivity contribution in [2.24, 2.45) is 0 Å². The lowest BCUT2D eigenvalue weighted by molar-refractivity contribution is -0.146. The lowest BCUT2D eigenvalue weighted by Gasteiger charge is -2.16. The van der Waals surface area contributed by atoms with Gasteiger partial charge in [-0.15, -0.1) is 11.8 Å². The number of thioether (sulfide) groups is 1. The number of aliphatic hydroxyl groups excluding tert-OH is 1. The van der Waals surface area contributed by atoms with Crippen LogP contribution in [-0.2, 0) is 28.9 Å². The summed E-state index contributed by atoms with van der Waals surface area (Å²) in [5.41, 5.74) is 3.27. The molecule has 0 saturated carbocycles. The highest BCUT2D eigenvalue weighted by molar-refractivity contribution is 7.99. The lowest BCUT2D eigenvalue weighted by Crippen LogP contribution is -2.22. The minimum absolute atomic E-state index is 0.0669. The van der Waals surface area contributed by atoms with Gasteiger partial charge in [-0.2, -0.15) is 0 Å². The highest BCUT2D eigenvalue weighted by atomic mass is 32.2. The van der Waals surface area contributed by atoms with Gasteiger partial charge in [0.2, 0.25) is 0 Å². The van der Waals surface area contributed by atoms with Gasteiger partial charge in [-0.25, -0.2) is 4.79 Å². The number of hydrogen-bond acceptors (Lipinski definition) is 4. The van der Waals surface area contributed by atoms with E-state index in [1.807, 2.05) is 24.3 Å². The van der Waals surface area contributed by atoms with Crippen LogP contribution in [0.25, 0.3) is 0 Å². The molecule has 0 amide bonds. The molecule has 0 spiro atoms. The molecule has 0 heterocycles. The van der Waals surface area contributed by atoms with Gasteiger partial charge in [0.25, 0.3) is 0 Å². The molecule has 32 heavy (non-hydrogen) atoms. The van der Waals surface area contributed by atoms with E-state index in [2.05, 4.69) is 24.3 Å². The Morgan fingerprint density at radius 3 is 2.12 bits per heavy atom. The molecule has 0 aromatic heterocycles. The number of rotatable bonds is 16. The number of aryl methyl sites for hydroxylation is 1. The molecule has 5 nitrogen and oxygen atoms in total. The second kappa shape index (κ2) is 14.7. The Morgan fingerprint density at radius 1 is 0.812 bits per heavy atom. The molecule has 0 unspecified atom stereocenters. The molecule has 0 aliphatic rings. The first-order chi connectivity index (χ1) is 15.5. The van der Waals surface area contributed by atoms with Crippen LogP contribution in [0.4, 0.5) is 0 Å². The summed E-state index contributed by atoms with van der Waals surface area (Å²) in [6.07, 6.45) is 7.51. The first-order valence-electron chi connectivity index (χ1n) is 11.4. The van der Waals surface area contributed by atoms with Gasteiger partial charge < -0.3 is 15.3 Å². The Balaban J connectivity index is 1.82. The Bertz CT molecular complexity index is 837. The summed E-state index contributed by atoms with van der Waals surface area (Å²) in [5, 5.41) is 27.8. The maximum Gasteiger partial charge on any atom is 0.332 e. The summed E-state index contributed by atoms with van der Waals surface area (Å²) in [6, 6.07) is 16.2. The van der Waals surface area contributed by atoms with Crippen molar-refractivity contribution in [3.63, 3.8) is 0 Å². The third-order valence-electron chi connectivity index (χ3n) is 5.49. The van der Waals surface area contributed by atoms with Crippen molar-refractivity contribution in [2.75, 3.05) is 5.75 Å². The molecule has 174 valence electrons. The van der Waals surface area contributed by atoms with Crippen LogP contribution in [0.15, 0.2) is 53.4 Å². The third kappa shape index (κ3) is 9.88. The molecule has 0 fully saturated rings. The van der Waals surface area contributed by atoms with Crippen molar-refractivity contribution >= 4 is 23.7 Å². The zero-order chi connectivity index (χ0) is 23.2. The molecule has 0 aliphatic carbocycles. The quantitative estimate of drug-likeness (QED) is 0.231. The molecule has 0 saturated heterocycles. The van der Waals surface area contributed by atoms with Crippen LogP contribution < -0.4 is 0 Å². The van der Waals surface area contributed by atoms with Gasteiger partial charge in [-0.05, 0) is 48.4 Å². The molecule has 2 aromatic carbocycles. The molecular formula is C26H34O5S. The smallest absolute Gasteiger partial charge is 0.332 e. The van der Waals surface area contributed by atoms with Gasteiger partial charge in [0, 0.05) is 17.1 Å². The summed E-state index contributed by atoms with van der Waals surface area (Å²) in [4.78, 5) is 22.9. The minimum Gasteiger partial charge on any atom is -0.481 e. The normalized spacial score (nSPS) is 11.9. The fourth-order valence-corrected chi connectivity index (χ4v) is 4.83. The first-order valence-corrected chi connectivity index (χ1v) is 12.4. The van der Waals surface area contributed by atoms with Gasteiger partial charge in [-0.3, -0.25) is 4.79 Å².